The quantitative estimate of drug-likeness (QED) is 0.844. The summed E-state index contributed by atoms with van der Waals surface area (Å²) in [5.41, 5.74) is 1.60. The minimum Gasteiger partial charge on any atom is -0.465 e. The Bertz CT molecular complexity index is 403. The van der Waals surface area contributed by atoms with Crippen molar-refractivity contribution in [1.82, 2.24) is 5.32 Å². The van der Waals surface area contributed by atoms with Gasteiger partial charge in [-0.15, -0.1) is 12.4 Å². The van der Waals surface area contributed by atoms with Gasteiger partial charge in [-0.2, -0.15) is 0 Å². The number of esters is 1. The van der Waals surface area contributed by atoms with E-state index in [1.807, 2.05) is 12.1 Å². The van der Waals surface area contributed by atoms with Crippen LogP contribution in [-0.4, -0.2) is 26.2 Å². The fourth-order valence-electron chi connectivity index (χ4n) is 2.00. The smallest absolute Gasteiger partial charge is 0.339 e. The van der Waals surface area contributed by atoms with Crippen LogP contribution in [0, 0.1) is 0 Å². The van der Waals surface area contributed by atoms with Crippen molar-refractivity contribution >= 4 is 30.0 Å². The lowest BCUT2D eigenvalue weighted by Gasteiger charge is -2.11. The molecule has 0 aromatic heterocycles. The Balaban J connectivity index is 0.00000144. The van der Waals surface area contributed by atoms with Crippen molar-refractivity contribution in [2.75, 3.05) is 20.2 Å². The predicted molar refractivity (Wildman–Crippen MR) is 70.3 cm³/mol. The Kier molecular flexibility index (Phi) is 5.25. The summed E-state index contributed by atoms with van der Waals surface area (Å²) in [4.78, 5) is 11.5. The summed E-state index contributed by atoms with van der Waals surface area (Å²) in [6.45, 7) is 1.99. The van der Waals surface area contributed by atoms with Crippen LogP contribution in [0.5, 0.6) is 0 Å². The van der Waals surface area contributed by atoms with Crippen molar-refractivity contribution in [3.63, 3.8) is 0 Å². The Morgan fingerprint density at radius 2 is 2.29 bits per heavy atom. The molecule has 1 aromatic rings. The number of methoxy groups -OCH3 is 1. The molecular formula is C12H15Cl2NO2. The molecule has 1 aromatic carbocycles. The number of carbonyl (C=O) groups excluding carboxylic acids is 1. The maximum absolute atomic E-state index is 11.5. The zero-order chi connectivity index (χ0) is 11.5. The molecule has 0 spiro atoms. The Hall–Kier alpha value is -0.770. The van der Waals surface area contributed by atoms with Crippen molar-refractivity contribution in [2.24, 2.45) is 0 Å². The van der Waals surface area contributed by atoms with Crippen LogP contribution in [0.15, 0.2) is 18.2 Å². The van der Waals surface area contributed by atoms with Crippen molar-refractivity contribution in [1.29, 1.82) is 0 Å². The third-order valence-corrected chi connectivity index (χ3v) is 3.26. The summed E-state index contributed by atoms with van der Waals surface area (Å²) in [7, 11) is 1.36. The number of halogens is 2. The second kappa shape index (κ2) is 6.24. The lowest BCUT2D eigenvalue weighted by atomic mass is 9.96. The normalized spacial score (nSPS) is 18.6. The highest BCUT2D eigenvalue weighted by Crippen LogP contribution is 2.26. The molecule has 5 heteroatoms. The van der Waals surface area contributed by atoms with E-state index in [0.29, 0.717) is 16.5 Å². The predicted octanol–water partition coefficient (Wildman–Crippen LogP) is 2.63. The van der Waals surface area contributed by atoms with Gasteiger partial charge in [0.2, 0.25) is 0 Å². The number of benzene rings is 1. The molecule has 3 nitrogen and oxygen atoms in total. The number of hydrogen-bond acceptors (Lipinski definition) is 3. The molecule has 0 bridgehead atoms. The van der Waals surface area contributed by atoms with Gasteiger partial charge >= 0.3 is 5.97 Å². The van der Waals surface area contributed by atoms with Gasteiger partial charge in [0, 0.05) is 6.54 Å². The van der Waals surface area contributed by atoms with Gasteiger partial charge in [0.25, 0.3) is 0 Å². The second-order valence-corrected chi connectivity index (χ2v) is 4.33. The Morgan fingerprint density at radius 3 is 2.88 bits per heavy atom. The molecule has 1 fully saturated rings. The fraction of sp³-hybridized carbons (Fsp3) is 0.417. The molecule has 1 atom stereocenters. The molecule has 1 aliphatic heterocycles. The molecule has 1 N–H and O–H groups in total. The molecule has 1 heterocycles. The Morgan fingerprint density at radius 1 is 1.53 bits per heavy atom. The van der Waals surface area contributed by atoms with Gasteiger partial charge in [-0.1, -0.05) is 17.7 Å². The van der Waals surface area contributed by atoms with E-state index in [2.05, 4.69) is 5.32 Å². The summed E-state index contributed by atoms with van der Waals surface area (Å²) >= 11 is 5.96. The van der Waals surface area contributed by atoms with Gasteiger partial charge < -0.3 is 10.1 Å². The van der Waals surface area contributed by atoms with Crippen LogP contribution in [-0.2, 0) is 4.74 Å². The van der Waals surface area contributed by atoms with Gasteiger partial charge in [-0.05, 0) is 36.6 Å². The number of carbonyl (C=O) groups is 1. The number of ether oxygens (including phenoxy) is 1. The summed E-state index contributed by atoms with van der Waals surface area (Å²) in [5, 5.41) is 3.74. The molecular weight excluding hydrogens is 261 g/mol. The molecule has 2 rings (SSSR count). The van der Waals surface area contributed by atoms with E-state index in [4.69, 9.17) is 16.3 Å². The zero-order valence-corrected chi connectivity index (χ0v) is 11.1. The SMILES string of the molecule is COC(=O)c1cc(C2CCNC2)ccc1Cl.Cl. The highest BCUT2D eigenvalue weighted by molar-refractivity contribution is 6.33. The first-order valence-corrected chi connectivity index (χ1v) is 5.68. The van der Waals surface area contributed by atoms with Crippen LogP contribution in [0.3, 0.4) is 0 Å². The van der Waals surface area contributed by atoms with Crippen molar-refractivity contribution < 1.29 is 9.53 Å². The molecule has 1 unspecified atom stereocenters. The molecule has 1 saturated heterocycles. The standard InChI is InChI=1S/C12H14ClNO2.ClH/c1-16-12(15)10-6-8(2-3-11(10)13)9-4-5-14-7-9;/h2-3,6,9,14H,4-5,7H2,1H3;1H. The van der Waals surface area contributed by atoms with Gasteiger partial charge in [0.05, 0.1) is 17.7 Å². The topological polar surface area (TPSA) is 38.3 Å². The molecule has 17 heavy (non-hydrogen) atoms. The minimum absolute atomic E-state index is 0. The van der Waals surface area contributed by atoms with E-state index in [-0.39, 0.29) is 18.4 Å². The van der Waals surface area contributed by atoms with Crippen molar-refractivity contribution in [3.8, 4) is 0 Å². The van der Waals surface area contributed by atoms with Crippen LogP contribution < -0.4 is 5.32 Å². The van der Waals surface area contributed by atoms with Crippen LogP contribution in [0.25, 0.3) is 0 Å². The molecule has 0 saturated carbocycles. The van der Waals surface area contributed by atoms with Gasteiger partial charge in [0.1, 0.15) is 0 Å². The van der Waals surface area contributed by atoms with Gasteiger partial charge in [-0.3, -0.25) is 0 Å². The first kappa shape index (κ1) is 14.3. The van der Waals surface area contributed by atoms with E-state index < -0.39 is 0 Å². The largest absolute Gasteiger partial charge is 0.465 e. The second-order valence-electron chi connectivity index (χ2n) is 3.92. The Labute approximate surface area is 112 Å². The zero-order valence-electron chi connectivity index (χ0n) is 9.53. The molecule has 0 aliphatic carbocycles. The van der Waals surface area contributed by atoms with E-state index in [1.54, 1.807) is 6.07 Å². The van der Waals surface area contributed by atoms with E-state index in [0.717, 1.165) is 25.1 Å². The summed E-state index contributed by atoms with van der Waals surface area (Å²) in [5.74, 6) is 0.0958. The summed E-state index contributed by atoms with van der Waals surface area (Å²) in [6.07, 6.45) is 1.10. The number of hydrogen-bond donors (Lipinski definition) is 1. The molecule has 1 aliphatic rings. The van der Waals surface area contributed by atoms with Crippen LogP contribution in [0.1, 0.15) is 28.3 Å². The summed E-state index contributed by atoms with van der Waals surface area (Å²) < 4.78 is 4.70. The fourth-order valence-corrected chi connectivity index (χ4v) is 2.20. The molecule has 0 radical (unpaired) electrons. The van der Waals surface area contributed by atoms with Crippen LogP contribution in [0.4, 0.5) is 0 Å². The van der Waals surface area contributed by atoms with Gasteiger partial charge in [0.15, 0.2) is 0 Å². The lowest BCUT2D eigenvalue weighted by Crippen LogP contribution is -2.09. The average Bonchev–Trinajstić information content (AvgIpc) is 2.82. The number of rotatable bonds is 2. The highest BCUT2D eigenvalue weighted by atomic mass is 35.5. The van der Waals surface area contributed by atoms with Crippen LogP contribution in [0.2, 0.25) is 5.02 Å². The lowest BCUT2D eigenvalue weighted by molar-refractivity contribution is 0.0601. The van der Waals surface area contributed by atoms with Crippen molar-refractivity contribution in [3.05, 3.63) is 34.3 Å². The third-order valence-electron chi connectivity index (χ3n) is 2.93. The van der Waals surface area contributed by atoms with E-state index in [1.165, 1.54) is 7.11 Å². The van der Waals surface area contributed by atoms with Crippen molar-refractivity contribution in [2.45, 2.75) is 12.3 Å². The average molecular weight is 276 g/mol. The monoisotopic (exact) mass is 275 g/mol. The van der Waals surface area contributed by atoms with Gasteiger partial charge in [-0.25, -0.2) is 4.79 Å². The first-order valence-electron chi connectivity index (χ1n) is 5.31. The van der Waals surface area contributed by atoms with Crippen LogP contribution >= 0.6 is 24.0 Å². The summed E-state index contributed by atoms with van der Waals surface area (Å²) in [6, 6.07) is 5.58. The molecule has 94 valence electrons. The maximum Gasteiger partial charge on any atom is 0.339 e. The van der Waals surface area contributed by atoms with E-state index >= 15 is 0 Å². The number of nitrogens with one attached hydrogen (secondary N) is 1. The highest BCUT2D eigenvalue weighted by Gasteiger charge is 2.19. The minimum atomic E-state index is -0.377. The van der Waals surface area contributed by atoms with E-state index in [9.17, 15) is 4.79 Å². The molecule has 0 amide bonds. The third kappa shape index (κ3) is 3.12. The first-order chi connectivity index (χ1) is 7.72. The maximum atomic E-state index is 11.5.